The van der Waals surface area contributed by atoms with Crippen molar-refractivity contribution in [2.24, 2.45) is 10.2 Å². The van der Waals surface area contributed by atoms with Crippen LogP contribution in [-0.2, 0) is 0 Å². The Morgan fingerprint density at radius 1 is 1.04 bits per heavy atom. The minimum absolute atomic E-state index is 0.136. The first-order chi connectivity index (χ1) is 11.2. The van der Waals surface area contributed by atoms with Gasteiger partial charge in [-0.15, -0.1) is 5.11 Å². The van der Waals surface area contributed by atoms with E-state index in [0.29, 0.717) is 6.54 Å². The van der Waals surface area contributed by atoms with Crippen LogP contribution in [0.5, 0.6) is 0 Å². The molecule has 0 spiro atoms. The molecule has 4 rings (SSSR count). The molecule has 1 atom stereocenters. The fourth-order valence-electron chi connectivity index (χ4n) is 2.73. The van der Waals surface area contributed by atoms with E-state index in [9.17, 15) is 4.39 Å². The summed E-state index contributed by atoms with van der Waals surface area (Å²) >= 11 is 0. The van der Waals surface area contributed by atoms with Crippen LogP contribution in [0.15, 0.2) is 59.0 Å². The maximum atomic E-state index is 13.2. The van der Waals surface area contributed by atoms with Crippen molar-refractivity contribution in [2.75, 3.05) is 6.54 Å². The van der Waals surface area contributed by atoms with Gasteiger partial charge in [-0.05, 0) is 48.9 Å². The average Bonchev–Trinajstić information content (AvgIpc) is 2.97. The van der Waals surface area contributed by atoms with Crippen LogP contribution in [0, 0.1) is 5.82 Å². The molecule has 0 amide bonds. The Labute approximate surface area is 132 Å². The largest absolute Gasteiger partial charge is 0.265 e. The van der Waals surface area contributed by atoms with Crippen LogP contribution in [0.3, 0.4) is 0 Å². The fraction of sp³-hybridized carbons (Fsp3) is 0.176. The predicted octanol–water partition coefficient (Wildman–Crippen LogP) is 4.41. The van der Waals surface area contributed by atoms with E-state index in [1.54, 1.807) is 24.5 Å². The number of fused-ring (bicyclic) bond motifs is 1. The standard InChI is InChI=1S/C17H14FN5/c1-11-10-20-21-17-15(12-6-8-19-9-7-12)16(22-23(11)17)13-2-4-14(18)5-3-13/h2-9,11H,10H2,1H3. The quantitative estimate of drug-likeness (QED) is 0.704. The molecular formula is C17H14FN5. The molecule has 3 aromatic rings. The second-order valence-electron chi connectivity index (χ2n) is 5.51. The number of aromatic nitrogens is 3. The molecule has 1 aliphatic heterocycles. The van der Waals surface area contributed by atoms with E-state index in [-0.39, 0.29) is 11.9 Å². The van der Waals surface area contributed by atoms with Gasteiger partial charge in [-0.1, -0.05) is 0 Å². The van der Waals surface area contributed by atoms with Crippen molar-refractivity contribution in [3.05, 3.63) is 54.6 Å². The summed E-state index contributed by atoms with van der Waals surface area (Å²) in [6.45, 7) is 2.66. The number of azo groups is 1. The molecule has 1 aliphatic rings. The molecule has 0 saturated carbocycles. The van der Waals surface area contributed by atoms with Crippen molar-refractivity contribution in [3.63, 3.8) is 0 Å². The molecule has 3 heterocycles. The van der Waals surface area contributed by atoms with Crippen molar-refractivity contribution >= 4 is 5.82 Å². The number of hydrogen-bond donors (Lipinski definition) is 0. The lowest BCUT2D eigenvalue weighted by Gasteiger charge is -2.14. The maximum Gasteiger partial charge on any atom is 0.181 e. The van der Waals surface area contributed by atoms with E-state index in [4.69, 9.17) is 5.10 Å². The van der Waals surface area contributed by atoms with Gasteiger partial charge in [-0.2, -0.15) is 10.2 Å². The van der Waals surface area contributed by atoms with E-state index in [1.807, 2.05) is 16.8 Å². The number of pyridine rings is 1. The monoisotopic (exact) mass is 307 g/mol. The van der Waals surface area contributed by atoms with Gasteiger partial charge in [0.1, 0.15) is 11.5 Å². The first-order valence-corrected chi connectivity index (χ1v) is 7.40. The Morgan fingerprint density at radius 3 is 2.52 bits per heavy atom. The Bertz CT molecular complexity index is 868. The van der Waals surface area contributed by atoms with E-state index >= 15 is 0 Å². The molecule has 5 nitrogen and oxygen atoms in total. The second kappa shape index (κ2) is 5.39. The number of rotatable bonds is 2. The third-order valence-corrected chi connectivity index (χ3v) is 3.90. The third kappa shape index (κ3) is 2.32. The highest BCUT2D eigenvalue weighted by molar-refractivity contribution is 5.87. The molecule has 2 aromatic heterocycles. The van der Waals surface area contributed by atoms with E-state index in [1.165, 1.54) is 12.1 Å². The smallest absolute Gasteiger partial charge is 0.181 e. The summed E-state index contributed by atoms with van der Waals surface area (Å²) in [5, 5.41) is 13.2. The van der Waals surface area contributed by atoms with E-state index < -0.39 is 0 Å². The molecule has 1 aromatic carbocycles. The molecule has 23 heavy (non-hydrogen) atoms. The Hall–Kier alpha value is -2.89. The number of benzene rings is 1. The molecule has 0 N–H and O–H groups in total. The number of halogens is 1. The zero-order valence-corrected chi connectivity index (χ0v) is 12.5. The van der Waals surface area contributed by atoms with Crippen LogP contribution in [0.2, 0.25) is 0 Å². The molecule has 0 saturated heterocycles. The highest BCUT2D eigenvalue weighted by Gasteiger charge is 2.25. The van der Waals surface area contributed by atoms with Crippen molar-refractivity contribution < 1.29 is 4.39 Å². The number of nitrogens with zero attached hydrogens (tertiary/aromatic N) is 5. The lowest BCUT2D eigenvalue weighted by molar-refractivity contribution is 0.476. The van der Waals surface area contributed by atoms with E-state index in [2.05, 4.69) is 22.1 Å². The minimum atomic E-state index is -0.267. The Balaban J connectivity index is 1.99. The minimum Gasteiger partial charge on any atom is -0.265 e. The summed E-state index contributed by atoms with van der Waals surface area (Å²) in [6.07, 6.45) is 3.47. The van der Waals surface area contributed by atoms with Crippen molar-refractivity contribution in [3.8, 4) is 22.4 Å². The fourth-order valence-corrected chi connectivity index (χ4v) is 2.73. The van der Waals surface area contributed by atoms with Gasteiger partial charge in [0.2, 0.25) is 0 Å². The molecule has 0 radical (unpaired) electrons. The van der Waals surface area contributed by atoms with Gasteiger partial charge in [-0.3, -0.25) is 4.98 Å². The highest BCUT2D eigenvalue weighted by atomic mass is 19.1. The summed E-state index contributed by atoms with van der Waals surface area (Å²) in [7, 11) is 0. The molecular weight excluding hydrogens is 293 g/mol. The van der Waals surface area contributed by atoms with Crippen molar-refractivity contribution in [1.29, 1.82) is 0 Å². The van der Waals surface area contributed by atoms with Gasteiger partial charge >= 0.3 is 0 Å². The van der Waals surface area contributed by atoms with Gasteiger partial charge in [0.15, 0.2) is 5.82 Å². The first-order valence-electron chi connectivity index (χ1n) is 7.40. The SMILES string of the molecule is CC1CN=Nc2c(-c3ccncc3)c(-c3ccc(F)cc3)nn21. The first kappa shape index (κ1) is 13.8. The topological polar surface area (TPSA) is 55.4 Å². The lowest BCUT2D eigenvalue weighted by Crippen LogP contribution is -2.12. The van der Waals surface area contributed by atoms with Crippen LogP contribution < -0.4 is 0 Å². The van der Waals surface area contributed by atoms with E-state index in [0.717, 1.165) is 28.2 Å². The van der Waals surface area contributed by atoms with Gasteiger partial charge in [0, 0.05) is 18.0 Å². The molecule has 6 heteroatoms. The van der Waals surface area contributed by atoms with Gasteiger partial charge in [0.05, 0.1) is 18.2 Å². The summed E-state index contributed by atoms with van der Waals surface area (Å²) < 4.78 is 15.1. The van der Waals surface area contributed by atoms with Gasteiger partial charge in [0.25, 0.3) is 0 Å². The molecule has 0 aliphatic carbocycles. The zero-order chi connectivity index (χ0) is 15.8. The van der Waals surface area contributed by atoms with Crippen molar-refractivity contribution in [2.45, 2.75) is 13.0 Å². The molecule has 1 unspecified atom stereocenters. The summed E-state index contributed by atoms with van der Waals surface area (Å²) in [6, 6.07) is 10.3. The lowest BCUT2D eigenvalue weighted by atomic mass is 10.0. The van der Waals surface area contributed by atoms with Crippen LogP contribution in [0.25, 0.3) is 22.4 Å². The average molecular weight is 307 g/mol. The summed E-state index contributed by atoms with van der Waals surface area (Å²) in [4.78, 5) is 4.07. The zero-order valence-electron chi connectivity index (χ0n) is 12.5. The third-order valence-electron chi connectivity index (χ3n) is 3.90. The molecule has 0 bridgehead atoms. The maximum absolute atomic E-state index is 13.2. The van der Waals surface area contributed by atoms with Crippen LogP contribution in [0.4, 0.5) is 10.2 Å². The molecule has 0 fully saturated rings. The Kier molecular flexibility index (Phi) is 3.22. The summed E-state index contributed by atoms with van der Waals surface area (Å²) in [5.41, 5.74) is 3.49. The van der Waals surface area contributed by atoms with Crippen LogP contribution >= 0.6 is 0 Å². The van der Waals surface area contributed by atoms with Crippen LogP contribution in [0.1, 0.15) is 13.0 Å². The van der Waals surface area contributed by atoms with Crippen LogP contribution in [-0.4, -0.2) is 21.3 Å². The summed E-state index contributed by atoms with van der Waals surface area (Å²) in [5.74, 6) is 0.463. The second-order valence-corrected chi connectivity index (χ2v) is 5.51. The molecule has 114 valence electrons. The van der Waals surface area contributed by atoms with Gasteiger partial charge < -0.3 is 0 Å². The van der Waals surface area contributed by atoms with Crippen molar-refractivity contribution in [1.82, 2.24) is 14.8 Å². The predicted molar refractivity (Wildman–Crippen MR) is 84.9 cm³/mol. The van der Waals surface area contributed by atoms with Gasteiger partial charge in [-0.25, -0.2) is 9.07 Å². The number of hydrogen-bond acceptors (Lipinski definition) is 4. The Morgan fingerprint density at radius 2 is 1.78 bits per heavy atom. The normalized spacial score (nSPS) is 16.3. The highest BCUT2D eigenvalue weighted by Crippen LogP contribution is 2.41.